The molecule has 32 heavy (non-hydrogen) atoms. The molecule has 0 spiro atoms. The zero-order valence-corrected chi connectivity index (χ0v) is 18.9. The van der Waals surface area contributed by atoms with E-state index in [0.29, 0.717) is 57.0 Å². The summed E-state index contributed by atoms with van der Waals surface area (Å²) in [5.41, 5.74) is 1.37. The van der Waals surface area contributed by atoms with Crippen molar-refractivity contribution in [2.24, 2.45) is 17.8 Å². The third-order valence-corrected chi connectivity index (χ3v) is 7.13. The van der Waals surface area contributed by atoms with E-state index in [2.05, 4.69) is 20.6 Å². The standard InChI is InChI=1S/C24H26ClFN4O2/c1-13-18(25)3-4-19(23(13)26)30-24-17-7-21(31-2)22(8-20(17)28-12-29-24)32-11-14-5-15-9-27-10-16(15)6-14/h3-4,7-8,12,14-16,27H,5-6,9-11H2,1-2H3,(H,28,29,30)/t14?,15-,16+. The fraction of sp³-hybridized carbons (Fsp3) is 0.417. The molecule has 3 atom stereocenters. The van der Waals surface area contributed by atoms with E-state index < -0.39 is 5.82 Å². The van der Waals surface area contributed by atoms with Crippen molar-refractivity contribution >= 4 is 34.0 Å². The van der Waals surface area contributed by atoms with Gasteiger partial charge in [-0.25, -0.2) is 14.4 Å². The van der Waals surface area contributed by atoms with Gasteiger partial charge in [-0.15, -0.1) is 0 Å². The molecule has 2 aliphatic rings. The van der Waals surface area contributed by atoms with Crippen LogP contribution in [-0.4, -0.2) is 36.8 Å². The van der Waals surface area contributed by atoms with E-state index in [0.717, 1.165) is 24.9 Å². The number of aromatic nitrogens is 2. The van der Waals surface area contributed by atoms with Crippen LogP contribution in [0.3, 0.4) is 0 Å². The minimum absolute atomic E-state index is 0.299. The van der Waals surface area contributed by atoms with Gasteiger partial charge in [0.1, 0.15) is 12.1 Å². The van der Waals surface area contributed by atoms with E-state index in [-0.39, 0.29) is 0 Å². The van der Waals surface area contributed by atoms with Crippen LogP contribution in [0.15, 0.2) is 30.6 Å². The highest BCUT2D eigenvalue weighted by atomic mass is 35.5. The van der Waals surface area contributed by atoms with Crippen LogP contribution < -0.4 is 20.1 Å². The zero-order valence-electron chi connectivity index (χ0n) is 18.1. The highest BCUT2D eigenvalue weighted by Gasteiger charge is 2.37. The largest absolute Gasteiger partial charge is 0.493 e. The summed E-state index contributed by atoms with van der Waals surface area (Å²) >= 11 is 6.02. The van der Waals surface area contributed by atoms with Gasteiger partial charge >= 0.3 is 0 Å². The first kappa shape index (κ1) is 21.2. The highest BCUT2D eigenvalue weighted by molar-refractivity contribution is 6.31. The molecule has 0 amide bonds. The van der Waals surface area contributed by atoms with Gasteiger partial charge in [-0.2, -0.15) is 0 Å². The average molecular weight is 457 g/mol. The summed E-state index contributed by atoms with van der Waals surface area (Å²) in [6, 6.07) is 6.95. The Kier molecular flexibility index (Phi) is 5.78. The Morgan fingerprint density at radius 1 is 1.16 bits per heavy atom. The van der Waals surface area contributed by atoms with Gasteiger partial charge in [-0.3, -0.25) is 0 Å². The van der Waals surface area contributed by atoms with Crippen LogP contribution in [0.25, 0.3) is 10.9 Å². The molecular formula is C24H26ClFN4O2. The fourth-order valence-electron chi connectivity index (χ4n) is 4.96. The molecule has 2 N–H and O–H groups in total. The smallest absolute Gasteiger partial charge is 0.163 e. The molecule has 1 saturated heterocycles. The number of halogens is 2. The Morgan fingerprint density at radius 3 is 2.69 bits per heavy atom. The average Bonchev–Trinajstić information content (AvgIpc) is 3.39. The van der Waals surface area contributed by atoms with Gasteiger partial charge in [0.25, 0.3) is 0 Å². The molecule has 5 rings (SSSR count). The maximum absolute atomic E-state index is 14.7. The number of methoxy groups -OCH3 is 1. The first-order valence-corrected chi connectivity index (χ1v) is 11.3. The maximum Gasteiger partial charge on any atom is 0.163 e. The van der Waals surface area contributed by atoms with Crippen molar-refractivity contribution in [1.29, 1.82) is 0 Å². The number of fused-ring (bicyclic) bond motifs is 2. The number of nitrogens with zero attached hydrogens (tertiary/aromatic N) is 2. The van der Waals surface area contributed by atoms with Gasteiger partial charge in [0.05, 0.1) is 24.9 Å². The SMILES string of the molecule is COc1cc2c(Nc3ccc(Cl)c(C)c3F)ncnc2cc1OCC1C[C@H]2CNC[C@H]2C1. The Hall–Kier alpha value is -2.64. The Balaban J connectivity index is 1.39. The predicted molar refractivity (Wildman–Crippen MR) is 124 cm³/mol. The Bertz CT molecular complexity index is 1150. The number of rotatable bonds is 6. The van der Waals surface area contributed by atoms with Gasteiger partial charge in [-0.1, -0.05) is 11.6 Å². The summed E-state index contributed by atoms with van der Waals surface area (Å²) in [5.74, 6) is 3.45. The number of nitrogens with one attached hydrogen (secondary N) is 2. The second kappa shape index (κ2) is 8.71. The van der Waals surface area contributed by atoms with Crippen LogP contribution in [0.4, 0.5) is 15.9 Å². The van der Waals surface area contributed by atoms with E-state index in [1.807, 2.05) is 12.1 Å². The summed E-state index contributed by atoms with van der Waals surface area (Å²) in [5, 5.41) is 7.64. The lowest BCUT2D eigenvalue weighted by Crippen LogP contribution is -2.15. The maximum atomic E-state index is 14.7. The van der Waals surface area contributed by atoms with Crippen LogP contribution in [-0.2, 0) is 0 Å². The topological polar surface area (TPSA) is 68.3 Å². The lowest BCUT2D eigenvalue weighted by molar-refractivity contribution is 0.234. The summed E-state index contributed by atoms with van der Waals surface area (Å²) in [7, 11) is 1.61. The second-order valence-electron chi connectivity index (χ2n) is 8.73. The molecule has 1 aliphatic heterocycles. The van der Waals surface area contributed by atoms with Gasteiger partial charge in [0.15, 0.2) is 17.3 Å². The van der Waals surface area contributed by atoms with Crippen molar-refractivity contribution in [3.05, 3.63) is 47.0 Å². The monoisotopic (exact) mass is 456 g/mol. The first-order valence-electron chi connectivity index (χ1n) is 10.9. The van der Waals surface area contributed by atoms with Crippen molar-refractivity contribution in [2.45, 2.75) is 19.8 Å². The summed E-state index contributed by atoms with van der Waals surface area (Å²) in [6.07, 6.45) is 3.86. The number of anilines is 2. The number of benzene rings is 2. The molecule has 2 aromatic carbocycles. The number of hydrogen-bond acceptors (Lipinski definition) is 6. The molecule has 0 bridgehead atoms. The van der Waals surface area contributed by atoms with Crippen molar-refractivity contribution in [1.82, 2.24) is 15.3 Å². The molecule has 0 radical (unpaired) electrons. The van der Waals surface area contributed by atoms with Crippen molar-refractivity contribution in [3.8, 4) is 11.5 Å². The third kappa shape index (κ3) is 3.95. The molecule has 1 unspecified atom stereocenters. The van der Waals surface area contributed by atoms with Gasteiger partial charge < -0.3 is 20.1 Å². The molecular weight excluding hydrogens is 431 g/mol. The second-order valence-corrected chi connectivity index (χ2v) is 9.14. The summed E-state index contributed by atoms with van der Waals surface area (Å²) < 4.78 is 26.4. The number of ether oxygens (including phenoxy) is 2. The number of hydrogen-bond donors (Lipinski definition) is 2. The molecule has 3 aromatic rings. The van der Waals surface area contributed by atoms with Crippen molar-refractivity contribution < 1.29 is 13.9 Å². The lowest BCUT2D eigenvalue weighted by Gasteiger charge is -2.17. The predicted octanol–water partition coefficient (Wildman–Crippen LogP) is 5.11. The van der Waals surface area contributed by atoms with Crippen LogP contribution in [0, 0.1) is 30.5 Å². The highest BCUT2D eigenvalue weighted by Crippen LogP contribution is 2.40. The molecule has 1 aromatic heterocycles. The summed E-state index contributed by atoms with van der Waals surface area (Å²) in [4.78, 5) is 8.71. The van der Waals surface area contributed by atoms with Crippen LogP contribution in [0.2, 0.25) is 5.02 Å². The van der Waals surface area contributed by atoms with Crippen LogP contribution in [0.1, 0.15) is 18.4 Å². The normalized spacial score (nSPS) is 22.2. The van der Waals surface area contributed by atoms with Crippen LogP contribution in [0.5, 0.6) is 11.5 Å². The van der Waals surface area contributed by atoms with E-state index >= 15 is 0 Å². The molecule has 2 fully saturated rings. The summed E-state index contributed by atoms with van der Waals surface area (Å²) in [6.45, 7) is 4.56. The molecule has 6 nitrogen and oxygen atoms in total. The van der Waals surface area contributed by atoms with Crippen molar-refractivity contribution in [3.63, 3.8) is 0 Å². The molecule has 168 valence electrons. The Morgan fingerprint density at radius 2 is 1.94 bits per heavy atom. The Labute approximate surface area is 191 Å². The lowest BCUT2D eigenvalue weighted by atomic mass is 10.0. The van der Waals surface area contributed by atoms with E-state index in [1.165, 1.54) is 19.2 Å². The molecule has 1 aliphatic carbocycles. The zero-order chi connectivity index (χ0) is 22.2. The first-order chi connectivity index (χ1) is 15.5. The van der Waals surface area contributed by atoms with Gasteiger partial charge in [-0.05, 0) is 68.8 Å². The van der Waals surface area contributed by atoms with E-state index in [4.69, 9.17) is 21.1 Å². The quantitative estimate of drug-likeness (QED) is 0.537. The third-order valence-electron chi connectivity index (χ3n) is 6.72. The van der Waals surface area contributed by atoms with Gasteiger partial charge in [0, 0.05) is 22.0 Å². The van der Waals surface area contributed by atoms with E-state index in [9.17, 15) is 4.39 Å². The van der Waals surface area contributed by atoms with Crippen molar-refractivity contribution in [2.75, 3.05) is 32.1 Å². The van der Waals surface area contributed by atoms with Gasteiger partial charge in [0.2, 0.25) is 0 Å². The molecule has 1 saturated carbocycles. The van der Waals surface area contributed by atoms with E-state index in [1.54, 1.807) is 26.2 Å². The minimum Gasteiger partial charge on any atom is -0.493 e. The van der Waals surface area contributed by atoms with Crippen LogP contribution >= 0.6 is 11.6 Å². The molecule has 8 heteroatoms. The minimum atomic E-state index is -0.410. The molecule has 2 heterocycles. The fourth-order valence-corrected chi connectivity index (χ4v) is 5.10.